The molecule has 0 atom stereocenters. The van der Waals surface area contributed by atoms with Crippen LogP contribution in [0.5, 0.6) is 5.88 Å². The van der Waals surface area contributed by atoms with E-state index in [0.717, 1.165) is 5.56 Å². The predicted octanol–water partition coefficient (Wildman–Crippen LogP) is 2.59. The van der Waals surface area contributed by atoms with Crippen molar-refractivity contribution in [3.63, 3.8) is 0 Å². The zero-order valence-corrected chi connectivity index (χ0v) is 11.2. The minimum absolute atomic E-state index is 0.238. The molecule has 0 spiro atoms. The van der Waals surface area contributed by atoms with Gasteiger partial charge in [-0.15, -0.1) is 5.10 Å². The molecule has 1 aromatic carbocycles. The van der Waals surface area contributed by atoms with E-state index in [1.807, 2.05) is 31.2 Å². The van der Waals surface area contributed by atoms with Crippen molar-refractivity contribution in [1.29, 1.82) is 5.26 Å². The van der Waals surface area contributed by atoms with Gasteiger partial charge < -0.3 is 10.5 Å². The minimum Gasteiger partial charge on any atom is -0.471 e. The van der Waals surface area contributed by atoms with Crippen LogP contribution in [0.4, 0.5) is 5.82 Å². The van der Waals surface area contributed by atoms with Crippen LogP contribution in [0.1, 0.15) is 18.1 Å². The fourth-order valence-electron chi connectivity index (χ4n) is 1.66. The molecule has 0 aliphatic heterocycles. The van der Waals surface area contributed by atoms with Gasteiger partial charge >= 0.3 is 0 Å². The smallest absolute Gasteiger partial charge is 0.253 e. The highest BCUT2D eigenvalue weighted by atomic mass is 35.5. The predicted molar refractivity (Wildman–Crippen MR) is 72.8 cm³/mol. The number of halogens is 1. The van der Waals surface area contributed by atoms with Gasteiger partial charge in [0, 0.05) is 17.1 Å². The van der Waals surface area contributed by atoms with E-state index in [4.69, 9.17) is 27.3 Å². The first-order valence-corrected chi connectivity index (χ1v) is 6.17. The van der Waals surface area contributed by atoms with Gasteiger partial charge in [0.1, 0.15) is 18.5 Å². The molecule has 2 rings (SSSR count). The average molecular weight is 277 g/mol. The summed E-state index contributed by atoms with van der Waals surface area (Å²) in [6.45, 7) is 2.72. The molecule has 0 unspecified atom stereocenters. The second kappa shape index (κ2) is 5.63. The van der Waals surface area contributed by atoms with Gasteiger partial charge in [-0.3, -0.25) is 0 Å². The Balaban J connectivity index is 2.21. The fourth-order valence-corrected chi connectivity index (χ4v) is 1.85. The van der Waals surface area contributed by atoms with Crippen LogP contribution in [0.3, 0.4) is 0 Å². The molecule has 0 saturated heterocycles. The van der Waals surface area contributed by atoms with Crippen LogP contribution in [0.25, 0.3) is 0 Å². The molecule has 5 nitrogen and oxygen atoms in total. The zero-order chi connectivity index (χ0) is 13.8. The van der Waals surface area contributed by atoms with Crippen molar-refractivity contribution < 1.29 is 4.74 Å². The molecule has 0 amide bonds. The van der Waals surface area contributed by atoms with Crippen LogP contribution in [-0.2, 0) is 13.2 Å². The molecule has 0 radical (unpaired) electrons. The maximum Gasteiger partial charge on any atom is 0.253 e. The Morgan fingerprint density at radius 3 is 2.84 bits per heavy atom. The van der Waals surface area contributed by atoms with Crippen molar-refractivity contribution in [3.05, 3.63) is 40.4 Å². The molecular weight excluding hydrogens is 264 g/mol. The molecule has 6 heteroatoms. The van der Waals surface area contributed by atoms with Gasteiger partial charge in [-0.1, -0.05) is 29.8 Å². The number of aromatic nitrogens is 2. The number of benzene rings is 1. The Morgan fingerprint density at radius 2 is 2.21 bits per heavy atom. The van der Waals surface area contributed by atoms with Crippen molar-refractivity contribution in [2.45, 2.75) is 20.1 Å². The molecule has 1 heterocycles. The van der Waals surface area contributed by atoms with E-state index >= 15 is 0 Å². The molecule has 2 N–H and O–H groups in total. The minimum atomic E-state index is 0.238. The van der Waals surface area contributed by atoms with Crippen molar-refractivity contribution in [1.82, 2.24) is 9.78 Å². The van der Waals surface area contributed by atoms with Gasteiger partial charge in [-0.25, -0.2) is 4.68 Å². The lowest BCUT2D eigenvalue weighted by Gasteiger charge is -2.05. The van der Waals surface area contributed by atoms with Gasteiger partial charge in [0.25, 0.3) is 5.88 Å². The zero-order valence-electron chi connectivity index (χ0n) is 10.4. The summed E-state index contributed by atoms with van der Waals surface area (Å²) < 4.78 is 7.07. The quantitative estimate of drug-likeness (QED) is 0.931. The molecule has 19 heavy (non-hydrogen) atoms. The van der Waals surface area contributed by atoms with E-state index < -0.39 is 0 Å². The average Bonchev–Trinajstić information content (AvgIpc) is 2.73. The third-order valence-corrected chi connectivity index (χ3v) is 3.06. The lowest BCUT2D eigenvalue weighted by atomic mass is 10.2. The van der Waals surface area contributed by atoms with Crippen LogP contribution in [0, 0.1) is 11.3 Å². The Kier molecular flexibility index (Phi) is 3.93. The monoisotopic (exact) mass is 276 g/mol. The normalized spacial score (nSPS) is 10.2. The van der Waals surface area contributed by atoms with Crippen LogP contribution < -0.4 is 10.5 Å². The highest BCUT2D eigenvalue weighted by molar-refractivity contribution is 6.31. The number of nitrogens with zero attached hydrogens (tertiary/aromatic N) is 3. The molecule has 0 fully saturated rings. The number of nitriles is 1. The number of hydrogen-bond acceptors (Lipinski definition) is 4. The number of nitrogen functional groups attached to an aromatic ring is 1. The highest BCUT2D eigenvalue weighted by Gasteiger charge is 2.16. The Hall–Kier alpha value is -2.19. The van der Waals surface area contributed by atoms with Gasteiger partial charge in [0.15, 0.2) is 5.56 Å². The molecule has 0 aliphatic carbocycles. The maximum absolute atomic E-state index is 9.07. The molecule has 2 aromatic rings. The van der Waals surface area contributed by atoms with E-state index in [1.165, 1.54) is 4.68 Å². The van der Waals surface area contributed by atoms with E-state index in [0.29, 0.717) is 17.4 Å². The Labute approximate surface area is 116 Å². The molecular formula is C13H13ClN4O. The van der Waals surface area contributed by atoms with E-state index in [2.05, 4.69) is 5.10 Å². The summed E-state index contributed by atoms with van der Waals surface area (Å²) in [7, 11) is 0. The van der Waals surface area contributed by atoms with Crippen LogP contribution in [0.15, 0.2) is 24.3 Å². The summed E-state index contributed by atoms with van der Waals surface area (Å²) >= 11 is 6.03. The molecule has 0 aliphatic rings. The number of hydrogen-bond donors (Lipinski definition) is 1. The highest BCUT2D eigenvalue weighted by Crippen LogP contribution is 2.24. The number of nitrogens with two attached hydrogens (primary N) is 1. The summed E-state index contributed by atoms with van der Waals surface area (Å²) in [6, 6.07) is 9.35. The molecule has 0 bridgehead atoms. The maximum atomic E-state index is 9.07. The van der Waals surface area contributed by atoms with Crippen molar-refractivity contribution in [2.24, 2.45) is 0 Å². The summed E-state index contributed by atoms with van der Waals surface area (Å²) in [4.78, 5) is 0. The van der Waals surface area contributed by atoms with Gasteiger partial charge in [0.05, 0.1) is 0 Å². The SMILES string of the molecule is CCn1nc(OCc2ccccc2Cl)c(C#N)c1N. The number of aryl methyl sites for hydroxylation is 1. The van der Waals surface area contributed by atoms with Crippen molar-refractivity contribution in [2.75, 3.05) is 5.73 Å². The second-order valence-electron chi connectivity index (χ2n) is 3.87. The van der Waals surface area contributed by atoms with E-state index in [1.54, 1.807) is 6.07 Å². The van der Waals surface area contributed by atoms with Crippen LogP contribution >= 0.6 is 11.6 Å². The second-order valence-corrected chi connectivity index (χ2v) is 4.28. The third-order valence-electron chi connectivity index (χ3n) is 2.69. The van der Waals surface area contributed by atoms with Gasteiger partial charge in [-0.2, -0.15) is 5.26 Å². The Bertz CT molecular complexity index is 630. The van der Waals surface area contributed by atoms with Gasteiger partial charge in [-0.05, 0) is 13.0 Å². The number of anilines is 1. The summed E-state index contributed by atoms with van der Waals surface area (Å²) in [6.07, 6.45) is 0. The first-order chi connectivity index (χ1) is 9.17. The first kappa shape index (κ1) is 13.2. The van der Waals surface area contributed by atoms with Crippen molar-refractivity contribution >= 4 is 17.4 Å². The lowest BCUT2D eigenvalue weighted by molar-refractivity contribution is 0.289. The fraction of sp³-hybridized carbons (Fsp3) is 0.231. The molecule has 0 saturated carbocycles. The molecule has 1 aromatic heterocycles. The summed E-state index contributed by atoms with van der Waals surface area (Å²) in [5, 5.41) is 13.8. The Morgan fingerprint density at radius 1 is 1.47 bits per heavy atom. The number of rotatable bonds is 4. The van der Waals surface area contributed by atoms with Crippen molar-refractivity contribution in [3.8, 4) is 11.9 Å². The largest absolute Gasteiger partial charge is 0.471 e. The summed E-state index contributed by atoms with van der Waals surface area (Å²) in [5.74, 6) is 0.556. The van der Waals surface area contributed by atoms with Crippen LogP contribution in [-0.4, -0.2) is 9.78 Å². The molecule has 98 valence electrons. The lowest BCUT2D eigenvalue weighted by Crippen LogP contribution is -2.02. The third kappa shape index (κ3) is 2.64. The van der Waals surface area contributed by atoms with E-state index in [9.17, 15) is 0 Å². The van der Waals surface area contributed by atoms with E-state index in [-0.39, 0.29) is 18.1 Å². The topological polar surface area (TPSA) is 76.9 Å². The summed E-state index contributed by atoms with van der Waals surface area (Å²) in [5.41, 5.74) is 6.89. The first-order valence-electron chi connectivity index (χ1n) is 5.80. The van der Waals surface area contributed by atoms with Gasteiger partial charge in [0.2, 0.25) is 0 Å². The standard InChI is InChI=1S/C13H13ClN4O/c1-2-18-12(16)10(7-15)13(17-18)19-8-9-5-3-4-6-11(9)14/h3-6H,2,8,16H2,1H3. The van der Waals surface area contributed by atoms with Crippen LogP contribution in [0.2, 0.25) is 5.02 Å². The number of ether oxygens (including phenoxy) is 1.